The molecule has 2 rings (SSSR count). The lowest BCUT2D eigenvalue weighted by molar-refractivity contribution is 0.145. The fraction of sp³-hybridized carbons (Fsp3) is 0.625. The van der Waals surface area contributed by atoms with Gasteiger partial charge in [0.05, 0.1) is 11.5 Å². The van der Waals surface area contributed by atoms with E-state index in [1.165, 1.54) is 0 Å². The lowest BCUT2D eigenvalue weighted by atomic mass is 9.73. The molecule has 0 atom stereocenters. The van der Waals surface area contributed by atoms with E-state index in [4.69, 9.17) is 4.18 Å². The molecule has 0 unspecified atom stereocenters. The molecule has 1 aliphatic carbocycles. The molecule has 1 aromatic carbocycles. The fourth-order valence-corrected chi connectivity index (χ4v) is 3.56. The Balaban J connectivity index is 1.92. The Labute approximate surface area is 122 Å². The summed E-state index contributed by atoms with van der Waals surface area (Å²) in [5, 5.41) is 0. The zero-order valence-electron chi connectivity index (χ0n) is 12.6. The van der Waals surface area contributed by atoms with Gasteiger partial charge < -0.3 is 0 Å². The van der Waals surface area contributed by atoms with Gasteiger partial charge in [-0.05, 0) is 56.1 Å². The van der Waals surface area contributed by atoms with Crippen molar-refractivity contribution in [3.8, 4) is 0 Å². The molecule has 1 saturated carbocycles. The third kappa shape index (κ3) is 4.06. The lowest BCUT2D eigenvalue weighted by Gasteiger charge is -2.33. The van der Waals surface area contributed by atoms with Crippen LogP contribution in [-0.2, 0) is 14.3 Å². The molecule has 0 radical (unpaired) electrons. The minimum atomic E-state index is -3.61. The second-order valence-electron chi connectivity index (χ2n) is 6.66. The number of hydrogen-bond acceptors (Lipinski definition) is 3. The van der Waals surface area contributed by atoms with Crippen LogP contribution in [0.5, 0.6) is 0 Å². The van der Waals surface area contributed by atoms with Crippen LogP contribution in [0.1, 0.15) is 45.1 Å². The van der Waals surface area contributed by atoms with Gasteiger partial charge in [-0.2, -0.15) is 8.42 Å². The van der Waals surface area contributed by atoms with Crippen molar-refractivity contribution < 1.29 is 12.6 Å². The van der Waals surface area contributed by atoms with E-state index in [1.54, 1.807) is 24.3 Å². The highest BCUT2D eigenvalue weighted by Gasteiger charge is 2.28. The highest BCUT2D eigenvalue weighted by molar-refractivity contribution is 7.86. The molecular formula is C16H24O3S. The largest absolute Gasteiger partial charge is 0.296 e. The summed E-state index contributed by atoms with van der Waals surface area (Å²) in [7, 11) is -3.61. The van der Waals surface area contributed by atoms with Crippen LogP contribution in [0.4, 0.5) is 0 Å². The predicted molar refractivity (Wildman–Crippen MR) is 80.1 cm³/mol. The first-order valence-corrected chi connectivity index (χ1v) is 8.65. The van der Waals surface area contributed by atoms with Gasteiger partial charge in [0.1, 0.15) is 0 Å². The molecule has 0 N–H and O–H groups in total. The van der Waals surface area contributed by atoms with Gasteiger partial charge in [0.15, 0.2) is 0 Å². The fourth-order valence-electron chi connectivity index (χ4n) is 2.58. The first kappa shape index (κ1) is 15.5. The number of aryl methyl sites for hydroxylation is 1. The van der Waals surface area contributed by atoms with Gasteiger partial charge in [-0.15, -0.1) is 0 Å². The van der Waals surface area contributed by atoms with Gasteiger partial charge in [0, 0.05) is 0 Å². The second-order valence-corrected chi connectivity index (χ2v) is 8.27. The first-order chi connectivity index (χ1) is 9.28. The SMILES string of the molecule is Cc1ccc(S(=O)(=O)OCC2CCC(C)(C)CC2)cc1. The van der Waals surface area contributed by atoms with Crippen LogP contribution < -0.4 is 0 Å². The maximum atomic E-state index is 12.1. The third-order valence-electron chi connectivity index (χ3n) is 4.23. The van der Waals surface area contributed by atoms with Crippen LogP contribution in [-0.4, -0.2) is 15.0 Å². The molecule has 3 nitrogen and oxygen atoms in total. The number of hydrogen-bond donors (Lipinski definition) is 0. The summed E-state index contributed by atoms with van der Waals surface area (Å²) in [5.74, 6) is 0.364. The van der Waals surface area contributed by atoms with Crippen LogP contribution in [0.3, 0.4) is 0 Å². The Bertz CT molecular complexity index is 534. The Morgan fingerprint density at radius 3 is 2.25 bits per heavy atom. The van der Waals surface area contributed by atoms with E-state index in [-0.39, 0.29) is 4.90 Å². The topological polar surface area (TPSA) is 43.4 Å². The maximum Gasteiger partial charge on any atom is 0.296 e. The molecule has 0 spiro atoms. The molecule has 0 amide bonds. The highest BCUT2D eigenvalue weighted by atomic mass is 32.2. The average Bonchev–Trinajstić information content (AvgIpc) is 2.38. The van der Waals surface area contributed by atoms with Crippen LogP contribution in [0.15, 0.2) is 29.2 Å². The molecule has 0 saturated heterocycles. The molecule has 1 fully saturated rings. The third-order valence-corrected chi connectivity index (χ3v) is 5.52. The van der Waals surface area contributed by atoms with Crippen LogP contribution in [0.25, 0.3) is 0 Å². The Hall–Kier alpha value is -0.870. The quantitative estimate of drug-likeness (QED) is 0.791. The smallest absolute Gasteiger partial charge is 0.266 e. The maximum absolute atomic E-state index is 12.1. The van der Waals surface area contributed by atoms with Gasteiger partial charge in [-0.25, -0.2) is 0 Å². The molecule has 4 heteroatoms. The molecule has 20 heavy (non-hydrogen) atoms. The van der Waals surface area contributed by atoms with Crippen molar-refractivity contribution in [3.63, 3.8) is 0 Å². The summed E-state index contributed by atoms with van der Waals surface area (Å²) in [4.78, 5) is 0.249. The summed E-state index contributed by atoms with van der Waals surface area (Å²) < 4.78 is 29.4. The van der Waals surface area contributed by atoms with Gasteiger partial charge in [0.25, 0.3) is 10.1 Å². The second kappa shape index (κ2) is 5.86. The van der Waals surface area contributed by atoms with E-state index >= 15 is 0 Å². The molecular weight excluding hydrogens is 272 g/mol. The molecule has 0 aliphatic heterocycles. The summed E-state index contributed by atoms with van der Waals surface area (Å²) in [5.41, 5.74) is 1.44. The Morgan fingerprint density at radius 2 is 1.70 bits per heavy atom. The van der Waals surface area contributed by atoms with Crippen molar-refractivity contribution in [1.82, 2.24) is 0 Å². The van der Waals surface area contributed by atoms with Crippen LogP contribution >= 0.6 is 0 Å². The summed E-state index contributed by atoms with van der Waals surface area (Å²) >= 11 is 0. The first-order valence-electron chi connectivity index (χ1n) is 7.25. The lowest BCUT2D eigenvalue weighted by Crippen LogP contribution is -2.25. The molecule has 1 aromatic rings. The van der Waals surface area contributed by atoms with Gasteiger partial charge in [0.2, 0.25) is 0 Å². The number of rotatable bonds is 4. The Morgan fingerprint density at radius 1 is 1.15 bits per heavy atom. The minimum absolute atomic E-state index is 0.249. The van der Waals surface area contributed by atoms with Crippen molar-refractivity contribution in [2.24, 2.45) is 11.3 Å². The number of benzene rings is 1. The van der Waals surface area contributed by atoms with Crippen molar-refractivity contribution in [1.29, 1.82) is 0 Å². The average molecular weight is 296 g/mol. The monoisotopic (exact) mass is 296 g/mol. The predicted octanol–water partition coefficient (Wildman–Crippen LogP) is 3.92. The minimum Gasteiger partial charge on any atom is -0.266 e. The van der Waals surface area contributed by atoms with E-state index in [0.29, 0.717) is 17.9 Å². The van der Waals surface area contributed by atoms with E-state index in [0.717, 1.165) is 31.2 Å². The van der Waals surface area contributed by atoms with Crippen molar-refractivity contribution in [2.45, 2.75) is 51.3 Å². The van der Waals surface area contributed by atoms with Gasteiger partial charge in [-0.1, -0.05) is 31.5 Å². The summed E-state index contributed by atoms with van der Waals surface area (Å²) in [6.45, 7) is 6.79. The Kier molecular flexibility index (Phi) is 4.55. The zero-order chi connectivity index (χ0) is 14.8. The summed E-state index contributed by atoms with van der Waals surface area (Å²) in [6.07, 6.45) is 4.39. The van der Waals surface area contributed by atoms with Crippen LogP contribution in [0.2, 0.25) is 0 Å². The van der Waals surface area contributed by atoms with E-state index in [2.05, 4.69) is 13.8 Å². The molecule has 1 aliphatic rings. The normalized spacial score (nSPS) is 19.9. The van der Waals surface area contributed by atoms with Crippen molar-refractivity contribution >= 4 is 10.1 Å². The molecule has 112 valence electrons. The van der Waals surface area contributed by atoms with Crippen molar-refractivity contribution in [2.75, 3.05) is 6.61 Å². The van der Waals surface area contributed by atoms with Crippen molar-refractivity contribution in [3.05, 3.63) is 29.8 Å². The molecule has 0 aromatic heterocycles. The van der Waals surface area contributed by atoms with Gasteiger partial charge >= 0.3 is 0 Å². The molecule has 0 heterocycles. The zero-order valence-corrected chi connectivity index (χ0v) is 13.4. The van der Waals surface area contributed by atoms with E-state index < -0.39 is 10.1 Å². The van der Waals surface area contributed by atoms with Gasteiger partial charge in [-0.3, -0.25) is 4.18 Å². The molecule has 0 bridgehead atoms. The van der Waals surface area contributed by atoms with E-state index in [9.17, 15) is 8.42 Å². The highest BCUT2D eigenvalue weighted by Crippen LogP contribution is 2.38. The summed E-state index contributed by atoms with van der Waals surface area (Å²) in [6, 6.07) is 6.79. The standard InChI is InChI=1S/C16H24O3S/c1-13-4-6-15(7-5-13)20(17,18)19-12-14-8-10-16(2,3)11-9-14/h4-7,14H,8-12H2,1-3H3. The van der Waals surface area contributed by atoms with E-state index in [1.807, 2.05) is 6.92 Å². The van der Waals surface area contributed by atoms with Crippen LogP contribution in [0, 0.1) is 18.3 Å².